The van der Waals surface area contributed by atoms with Crippen LogP contribution >= 0.6 is 11.6 Å². The highest BCUT2D eigenvalue weighted by atomic mass is 35.5. The van der Waals surface area contributed by atoms with Gasteiger partial charge in [-0.1, -0.05) is 17.7 Å². The Balaban J connectivity index is 1.93. The Labute approximate surface area is 147 Å². The molecule has 1 fully saturated rings. The third kappa shape index (κ3) is 2.66. The number of amides is 1. The molecule has 124 valence electrons. The second-order valence-electron chi connectivity index (χ2n) is 5.83. The summed E-state index contributed by atoms with van der Waals surface area (Å²) >= 11 is 6.15. The lowest BCUT2D eigenvalue weighted by atomic mass is 10.2. The Morgan fingerprint density at radius 3 is 2.88 bits per heavy atom. The average molecular weight is 354 g/mol. The van der Waals surface area contributed by atoms with Gasteiger partial charge in [-0.2, -0.15) is 14.9 Å². The maximum Gasteiger partial charge on any atom is 0.417 e. The molecule has 1 aliphatic rings. The summed E-state index contributed by atoms with van der Waals surface area (Å²) in [5, 5.41) is 23.3. The van der Waals surface area contributed by atoms with E-state index in [9.17, 15) is 9.90 Å². The molecule has 2 aromatic heterocycles. The van der Waals surface area contributed by atoms with Gasteiger partial charge in [-0.3, -0.25) is 0 Å². The summed E-state index contributed by atoms with van der Waals surface area (Å²) in [5.41, 5.74) is 2.23. The first-order valence-corrected chi connectivity index (χ1v) is 8.03. The van der Waals surface area contributed by atoms with Crippen LogP contribution in [-0.4, -0.2) is 25.8 Å². The van der Waals surface area contributed by atoms with Crippen LogP contribution in [-0.2, 0) is 0 Å². The topological polar surface area (TPSA) is 94.5 Å². The van der Waals surface area contributed by atoms with Crippen LogP contribution in [0, 0.1) is 11.3 Å². The van der Waals surface area contributed by atoms with Gasteiger partial charge in [0.15, 0.2) is 5.65 Å². The minimum atomic E-state index is -1.21. The summed E-state index contributed by atoms with van der Waals surface area (Å²) in [6.45, 7) is 0. The lowest BCUT2D eigenvalue weighted by Crippen LogP contribution is -2.26. The van der Waals surface area contributed by atoms with Gasteiger partial charge in [0, 0.05) is 11.6 Å². The molecular weight excluding hydrogens is 342 g/mol. The number of fused-ring (bicyclic) bond motifs is 1. The van der Waals surface area contributed by atoms with Gasteiger partial charge < -0.3 is 5.11 Å². The maximum absolute atomic E-state index is 11.9. The predicted molar refractivity (Wildman–Crippen MR) is 91.3 cm³/mol. The van der Waals surface area contributed by atoms with Crippen molar-refractivity contribution in [2.75, 3.05) is 4.90 Å². The van der Waals surface area contributed by atoms with Crippen molar-refractivity contribution >= 4 is 34.8 Å². The fraction of sp³-hybridized carbons (Fsp3) is 0.176. The summed E-state index contributed by atoms with van der Waals surface area (Å²) < 4.78 is 1.48. The molecule has 0 aliphatic heterocycles. The molecule has 8 heteroatoms. The molecule has 0 bridgehead atoms. The Morgan fingerprint density at radius 2 is 2.20 bits per heavy atom. The number of nitriles is 1. The molecule has 0 saturated heterocycles. The fourth-order valence-electron chi connectivity index (χ4n) is 2.83. The van der Waals surface area contributed by atoms with Gasteiger partial charge in [0.2, 0.25) is 0 Å². The molecule has 3 aromatic rings. The van der Waals surface area contributed by atoms with Crippen molar-refractivity contribution in [3.05, 3.63) is 52.8 Å². The van der Waals surface area contributed by atoms with Crippen molar-refractivity contribution in [2.24, 2.45) is 0 Å². The number of benzene rings is 1. The number of halogens is 1. The van der Waals surface area contributed by atoms with Gasteiger partial charge in [0.05, 0.1) is 23.5 Å². The fourth-order valence-corrected chi connectivity index (χ4v) is 3.01. The normalized spacial score (nSPS) is 13.6. The molecule has 4 rings (SSSR count). The molecule has 7 nitrogen and oxygen atoms in total. The molecule has 0 spiro atoms. The zero-order valence-corrected chi connectivity index (χ0v) is 13.7. The number of carbonyl (C=O) groups is 1. The quantitative estimate of drug-likeness (QED) is 0.719. The van der Waals surface area contributed by atoms with Gasteiger partial charge >= 0.3 is 6.09 Å². The number of aromatic nitrogens is 3. The molecule has 1 aromatic carbocycles. The average Bonchev–Trinajstić information content (AvgIpc) is 3.34. The molecule has 1 aliphatic carbocycles. The van der Waals surface area contributed by atoms with Crippen molar-refractivity contribution in [3.63, 3.8) is 0 Å². The SMILES string of the molecule is N#Cc1cccc(N(C(=O)O)c2cc(Cl)nc3c(C4CC4)cnn23)c1. The van der Waals surface area contributed by atoms with E-state index in [2.05, 4.69) is 10.1 Å². The smallest absolute Gasteiger partial charge is 0.417 e. The first kappa shape index (κ1) is 15.4. The minimum absolute atomic E-state index is 0.188. The number of hydrogen-bond acceptors (Lipinski definition) is 4. The van der Waals surface area contributed by atoms with E-state index in [0.717, 1.165) is 23.3 Å². The van der Waals surface area contributed by atoms with E-state index in [1.54, 1.807) is 24.4 Å². The van der Waals surface area contributed by atoms with Crippen LogP contribution in [0.3, 0.4) is 0 Å². The van der Waals surface area contributed by atoms with Gasteiger partial charge in [0.1, 0.15) is 11.0 Å². The third-order valence-electron chi connectivity index (χ3n) is 4.12. The Morgan fingerprint density at radius 1 is 1.40 bits per heavy atom. The number of rotatable bonds is 3. The molecule has 1 N–H and O–H groups in total. The monoisotopic (exact) mass is 353 g/mol. The van der Waals surface area contributed by atoms with Crippen molar-refractivity contribution < 1.29 is 9.90 Å². The summed E-state index contributed by atoms with van der Waals surface area (Å²) in [6.07, 6.45) is 2.64. The van der Waals surface area contributed by atoms with E-state index in [1.165, 1.54) is 16.6 Å². The lowest BCUT2D eigenvalue weighted by Gasteiger charge is -2.20. The molecule has 0 radical (unpaired) electrons. The minimum Gasteiger partial charge on any atom is -0.464 e. The standard InChI is InChI=1S/C17H12ClN5O2/c18-14-7-15(23-16(21-14)13(9-20-23)11-4-5-11)22(17(24)25)12-3-1-2-10(6-12)8-19/h1-3,6-7,9,11H,4-5H2,(H,24,25). The number of nitrogens with zero attached hydrogens (tertiary/aromatic N) is 5. The van der Waals surface area contributed by atoms with Gasteiger partial charge in [-0.25, -0.2) is 14.7 Å². The Bertz CT molecular complexity index is 1040. The molecular formula is C17H12ClN5O2. The highest BCUT2D eigenvalue weighted by Gasteiger charge is 2.30. The summed E-state index contributed by atoms with van der Waals surface area (Å²) in [5.74, 6) is 0.654. The first-order valence-electron chi connectivity index (χ1n) is 7.66. The van der Waals surface area contributed by atoms with E-state index in [-0.39, 0.29) is 11.0 Å². The highest BCUT2D eigenvalue weighted by Crippen LogP contribution is 2.42. The molecule has 2 heterocycles. The van der Waals surface area contributed by atoms with E-state index in [0.29, 0.717) is 22.8 Å². The summed E-state index contributed by atoms with van der Waals surface area (Å²) in [7, 11) is 0. The maximum atomic E-state index is 11.9. The van der Waals surface area contributed by atoms with Gasteiger partial charge in [-0.15, -0.1) is 0 Å². The largest absolute Gasteiger partial charge is 0.464 e. The van der Waals surface area contributed by atoms with Crippen molar-refractivity contribution in [1.82, 2.24) is 14.6 Å². The van der Waals surface area contributed by atoms with Crippen LogP contribution in [0.15, 0.2) is 36.5 Å². The Kier molecular flexibility index (Phi) is 3.55. The molecule has 1 amide bonds. The van der Waals surface area contributed by atoms with Gasteiger partial charge in [-0.05, 0) is 37.0 Å². The van der Waals surface area contributed by atoms with Crippen LogP contribution in [0.5, 0.6) is 0 Å². The van der Waals surface area contributed by atoms with Crippen molar-refractivity contribution in [1.29, 1.82) is 5.26 Å². The molecule has 0 unspecified atom stereocenters. The van der Waals surface area contributed by atoms with E-state index >= 15 is 0 Å². The number of carboxylic acid groups (broad SMARTS) is 1. The highest BCUT2D eigenvalue weighted by molar-refractivity contribution is 6.29. The van der Waals surface area contributed by atoms with Crippen LogP contribution < -0.4 is 4.90 Å². The summed E-state index contributed by atoms with van der Waals surface area (Å²) in [4.78, 5) is 17.3. The van der Waals surface area contributed by atoms with Crippen LogP contribution in [0.2, 0.25) is 5.15 Å². The zero-order chi connectivity index (χ0) is 17.6. The Hall–Kier alpha value is -3.11. The second-order valence-corrected chi connectivity index (χ2v) is 6.21. The third-order valence-corrected chi connectivity index (χ3v) is 4.31. The van der Waals surface area contributed by atoms with E-state index < -0.39 is 6.09 Å². The van der Waals surface area contributed by atoms with Crippen molar-refractivity contribution in [3.8, 4) is 6.07 Å². The van der Waals surface area contributed by atoms with Crippen LogP contribution in [0.4, 0.5) is 16.3 Å². The van der Waals surface area contributed by atoms with Gasteiger partial charge in [0.25, 0.3) is 0 Å². The molecule has 1 saturated carbocycles. The molecule has 25 heavy (non-hydrogen) atoms. The van der Waals surface area contributed by atoms with Crippen LogP contribution in [0.25, 0.3) is 5.65 Å². The summed E-state index contributed by atoms with van der Waals surface area (Å²) in [6, 6.07) is 9.81. The second kappa shape index (κ2) is 5.76. The van der Waals surface area contributed by atoms with E-state index in [1.807, 2.05) is 6.07 Å². The van der Waals surface area contributed by atoms with E-state index in [4.69, 9.17) is 16.9 Å². The van der Waals surface area contributed by atoms with Crippen LogP contribution in [0.1, 0.15) is 29.9 Å². The van der Waals surface area contributed by atoms with Crippen molar-refractivity contribution in [2.45, 2.75) is 18.8 Å². The number of anilines is 2. The lowest BCUT2D eigenvalue weighted by molar-refractivity contribution is 0.204. The molecule has 0 atom stereocenters. The predicted octanol–water partition coefficient (Wildman–Crippen LogP) is 3.95. The zero-order valence-electron chi connectivity index (χ0n) is 12.9. The first-order chi connectivity index (χ1) is 12.1. The number of hydrogen-bond donors (Lipinski definition) is 1.